The van der Waals surface area contributed by atoms with Gasteiger partial charge in [-0.1, -0.05) is 106 Å². The van der Waals surface area contributed by atoms with E-state index in [1.807, 2.05) is 29.2 Å². The lowest BCUT2D eigenvalue weighted by atomic mass is 9.78. The van der Waals surface area contributed by atoms with Crippen molar-refractivity contribution in [2.75, 3.05) is 27.3 Å². The van der Waals surface area contributed by atoms with Gasteiger partial charge in [0.25, 0.3) is 0 Å². The number of fused-ring (bicyclic) bond motifs is 9. The minimum Gasteiger partial charge on any atom is -0.490 e. The average Bonchev–Trinajstić information content (AvgIpc) is 0.779. The molecule has 6 aromatic rings. The van der Waals surface area contributed by atoms with Crippen LogP contribution in [0.4, 0.5) is 39.5 Å². The SMILES string of the molecule is CC1CCC(Oc2ccc3cc(CCN4C5CCCC4CC(C(=O)O)C5)ccc3c2C(F)(F)F)CC1.COC(=O)C1CC2CCCC(C1)N2C(=O)Cc1ccc2c(C(F)(F)F)c(OC3CCC(C)CC3)ccc2c1.COC(=O)C1CC2CCCC(C1)N2CCc1ccc2c(C(F)(F)F)c(OC3CCC(C)CC3)ccc2c1. The van der Waals surface area contributed by atoms with Gasteiger partial charge in [-0.25, -0.2) is 0 Å². The normalized spacial score (nSPS) is 28.6. The molecule has 9 fully saturated rings. The average molecular weight is 1550 g/mol. The Hall–Kier alpha value is -7.33. The number of ether oxygens (including phenoxy) is 5. The van der Waals surface area contributed by atoms with Crippen LogP contribution in [-0.2, 0) is 66.4 Å². The van der Waals surface area contributed by atoms with Gasteiger partial charge in [0.2, 0.25) is 5.91 Å². The lowest BCUT2D eigenvalue weighted by Gasteiger charge is -2.48. The van der Waals surface area contributed by atoms with Crippen LogP contribution in [0.1, 0.15) is 228 Å². The van der Waals surface area contributed by atoms with Gasteiger partial charge in [0.15, 0.2) is 0 Å². The number of hydrogen-bond acceptors (Lipinski definition) is 11. The number of alkyl halides is 9. The second-order valence-electron chi connectivity index (χ2n) is 34.0. The summed E-state index contributed by atoms with van der Waals surface area (Å²) in [5.41, 5.74) is 0.641. The van der Waals surface area contributed by atoms with Crippen LogP contribution in [0.3, 0.4) is 0 Å². The van der Waals surface area contributed by atoms with Crippen LogP contribution in [0.5, 0.6) is 17.2 Å². The van der Waals surface area contributed by atoms with Crippen molar-refractivity contribution in [1.82, 2.24) is 14.7 Å². The zero-order valence-electron chi connectivity index (χ0n) is 64.8. The van der Waals surface area contributed by atoms with Crippen molar-refractivity contribution >= 4 is 56.1 Å². The first kappa shape index (κ1) is 81.7. The Kier molecular flexibility index (Phi) is 25.9. The maximum absolute atomic E-state index is 14.2. The van der Waals surface area contributed by atoms with Crippen LogP contribution in [0.2, 0.25) is 0 Å². The molecular formula is C89H110F9N3O10. The number of hydrogen-bond donors (Lipinski definition) is 1. The summed E-state index contributed by atoms with van der Waals surface area (Å²) in [7, 11) is 2.85. The Balaban J connectivity index is 0.000000146. The molecule has 6 unspecified atom stereocenters. The highest BCUT2D eigenvalue weighted by Gasteiger charge is 2.47. The number of benzene rings is 6. The molecule has 1 amide bonds. The van der Waals surface area contributed by atoms with E-state index in [1.54, 1.807) is 42.5 Å². The Morgan fingerprint density at radius 2 is 0.685 bits per heavy atom. The topological polar surface area (TPSA) is 144 Å². The van der Waals surface area contributed by atoms with E-state index in [2.05, 4.69) is 30.6 Å². The number of amides is 1. The molecule has 0 radical (unpaired) electrons. The van der Waals surface area contributed by atoms with Gasteiger partial charge in [0.1, 0.15) is 33.9 Å². The summed E-state index contributed by atoms with van der Waals surface area (Å²) in [5.74, 6) is 0.0484. The molecule has 604 valence electrons. The number of carboxylic acid groups (broad SMARTS) is 1. The molecule has 6 saturated heterocycles. The van der Waals surface area contributed by atoms with E-state index in [1.165, 1.54) is 44.9 Å². The highest BCUT2D eigenvalue weighted by atomic mass is 19.4. The van der Waals surface area contributed by atoms with Gasteiger partial charge < -0.3 is 33.7 Å². The van der Waals surface area contributed by atoms with Crippen molar-refractivity contribution in [1.29, 1.82) is 0 Å². The fraction of sp³-hybridized carbons (Fsp3) is 0.618. The third-order valence-electron chi connectivity index (χ3n) is 26.4. The summed E-state index contributed by atoms with van der Waals surface area (Å²) in [6.45, 7) is 8.17. The van der Waals surface area contributed by atoms with Crippen LogP contribution in [-0.4, -0.2) is 125 Å². The molecule has 22 heteroatoms. The van der Waals surface area contributed by atoms with Gasteiger partial charge in [-0.2, -0.15) is 39.5 Å². The number of nitrogens with zero attached hydrogens (tertiary/aromatic N) is 3. The summed E-state index contributed by atoms with van der Waals surface area (Å²) < 4.78 is 156. The third-order valence-corrected chi connectivity index (χ3v) is 26.4. The number of carbonyl (C=O) groups is 4. The van der Waals surface area contributed by atoms with Crippen molar-refractivity contribution in [3.8, 4) is 17.2 Å². The molecule has 6 aromatic carbocycles. The molecule has 13 nitrogen and oxygen atoms in total. The molecule has 111 heavy (non-hydrogen) atoms. The molecule has 9 aliphatic rings. The van der Waals surface area contributed by atoms with E-state index in [4.69, 9.17) is 23.7 Å². The number of aliphatic carboxylic acids is 1. The maximum atomic E-state index is 14.2. The number of rotatable bonds is 17. The summed E-state index contributed by atoms with van der Waals surface area (Å²) in [5, 5.41) is 11.6. The zero-order valence-corrected chi connectivity index (χ0v) is 64.8. The molecule has 3 saturated carbocycles. The molecule has 1 N–H and O–H groups in total. The van der Waals surface area contributed by atoms with E-state index in [9.17, 15) is 63.8 Å². The second-order valence-corrected chi connectivity index (χ2v) is 34.0. The number of carboxylic acids is 1. The molecule has 0 aromatic heterocycles. The van der Waals surface area contributed by atoms with Gasteiger partial charge in [0.05, 0.1) is 56.7 Å². The summed E-state index contributed by atoms with van der Waals surface area (Å²) in [4.78, 5) is 56.1. The predicted molar refractivity (Wildman–Crippen MR) is 408 cm³/mol. The Morgan fingerprint density at radius 3 is 1.00 bits per heavy atom. The van der Waals surface area contributed by atoms with Gasteiger partial charge in [0, 0.05) is 49.3 Å². The smallest absolute Gasteiger partial charge is 0.420 e. The van der Waals surface area contributed by atoms with E-state index in [0.717, 1.165) is 178 Å². The van der Waals surface area contributed by atoms with Crippen molar-refractivity contribution < 1.29 is 87.5 Å². The van der Waals surface area contributed by atoms with Gasteiger partial charge in [-0.3, -0.25) is 29.0 Å². The Morgan fingerprint density at radius 1 is 0.387 bits per heavy atom. The monoisotopic (exact) mass is 1550 g/mol. The number of esters is 2. The van der Waals surface area contributed by atoms with Crippen molar-refractivity contribution in [2.45, 2.75) is 286 Å². The lowest BCUT2D eigenvalue weighted by molar-refractivity contribution is -0.155. The first-order valence-corrected chi connectivity index (χ1v) is 41.1. The highest BCUT2D eigenvalue weighted by Crippen LogP contribution is 2.49. The number of methoxy groups -OCH3 is 2. The predicted octanol–water partition coefficient (Wildman–Crippen LogP) is 20.9. The third kappa shape index (κ3) is 19.6. The number of piperidine rings is 6. The van der Waals surface area contributed by atoms with E-state index < -0.39 is 41.2 Å². The highest BCUT2D eigenvalue weighted by molar-refractivity contribution is 5.92. The first-order valence-electron chi connectivity index (χ1n) is 41.1. The van der Waals surface area contributed by atoms with Crippen LogP contribution in [0.15, 0.2) is 91.0 Å². The maximum Gasteiger partial charge on any atom is 0.420 e. The molecular weight excluding hydrogens is 1440 g/mol. The number of carbonyl (C=O) groups excluding carboxylic acids is 3. The van der Waals surface area contributed by atoms with Gasteiger partial charge >= 0.3 is 36.4 Å². The van der Waals surface area contributed by atoms with Crippen molar-refractivity contribution in [3.05, 3.63) is 124 Å². The standard InChI is InChI=1S/C30H36F3NO4.C30H38F3NO3.C29H36F3NO3/c1-18-6-10-24(11-7-18)38-26-13-9-20-14-19(8-12-25(20)28(26)30(31,32)33)15-27(35)34-22-4-3-5-23(34)17-21(16-22)29(36)37-2;1-19-6-10-25(11-7-19)37-27-13-9-21-16-20(8-12-26(21)28(27)30(31,32)33)14-15-34-23-4-3-5-24(34)18-22(17-23)29(35)36-2;1-18-5-9-24(10-6-18)36-26-12-8-20-15-19(7-11-25(20)27(26)29(30,31)32)13-14-33-22-3-2-4-23(33)17-21(16-22)28(34)35/h8-9,12-14,18,21-24H,3-7,10-11,15-17H2,1-2H3;8-9,12-13,16,19,22-25H,3-7,10-11,14-15,17-18H2,1-2H3;7-8,11-12,15,18,21-24H,2-6,9-10,13-14,16-17H2,1H3,(H,34,35). The van der Waals surface area contributed by atoms with E-state index in [0.29, 0.717) is 89.3 Å². The molecule has 6 bridgehead atoms. The quantitative estimate of drug-likeness (QED) is 0.0685. The molecule has 3 aliphatic carbocycles. The fourth-order valence-corrected chi connectivity index (χ4v) is 20.4. The van der Waals surface area contributed by atoms with Crippen LogP contribution >= 0.6 is 0 Å². The summed E-state index contributed by atoms with van der Waals surface area (Å²) >= 11 is 0. The number of halogens is 9. The lowest BCUT2D eigenvalue weighted by Crippen LogP contribution is -2.56. The molecule has 6 atom stereocenters. The second kappa shape index (κ2) is 35.2. The molecule has 0 spiro atoms. The first-order chi connectivity index (χ1) is 53.0. The Labute approximate surface area is 646 Å². The summed E-state index contributed by atoms with van der Waals surface area (Å²) in [6, 6.07) is 26.3. The van der Waals surface area contributed by atoms with Crippen LogP contribution < -0.4 is 14.2 Å². The minimum atomic E-state index is -4.56. The van der Waals surface area contributed by atoms with E-state index in [-0.39, 0.29) is 106 Å². The van der Waals surface area contributed by atoms with Crippen LogP contribution in [0.25, 0.3) is 32.3 Å². The summed E-state index contributed by atoms with van der Waals surface area (Å²) in [6.07, 6.45) is 11.6. The Bertz CT molecular complexity index is 4190. The zero-order chi connectivity index (χ0) is 78.6. The molecule has 6 aliphatic heterocycles. The van der Waals surface area contributed by atoms with Gasteiger partial charge in [-0.15, -0.1) is 0 Å². The fourth-order valence-electron chi connectivity index (χ4n) is 20.4. The van der Waals surface area contributed by atoms with Crippen molar-refractivity contribution in [3.63, 3.8) is 0 Å². The van der Waals surface area contributed by atoms with Crippen LogP contribution in [0, 0.1) is 35.5 Å². The molecule has 6 heterocycles. The largest absolute Gasteiger partial charge is 0.490 e. The van der Waals surface area contributed by atoms with E-state index >= 15 is 0 Å². The van der Waals surface area contributed by atoms with Crippen molar-refractivity contribution in [2.24, 2.45) is 35.5 Å². The molecule has 15 rings (SSSR count). The van der Waals surface area contributed by atoms with Gasteiger partial charge in [-0.05, 0) is 258 Å². The minimum absolute atomic E-state index is 0.00105.